The Morgan fingerprint density at radius 1 is 1.04 bits per heavy atom. The van der Waals surface area contributed by atoms with E-state index in [2.05, 4.69) is 21.0 Å². The minimum atomic E-state index is -3.62. The van der Waals surface area contributed by atoms with E-state index in [9.17, 15) is 8.42 Å². The quantitative estimate of drug-likeness (QED) is 0.522. The summed E-state index contributed by atoms with van der Waals surface area (Å²) in [6.07, 6.45) is 2.36. The zero-order valence-electron chi connectivity index (χ0n) is 15.1. The van der Waals surface area contributed by atoms with Crippen molar-refractivity contribution in [1.29, 1.82) is 0 Å². The number of sulfonamides is 1. The fourth-order valence-electron chi connectivity index (χ4n) is 2.90. The van der Waals surface area contributed by atoms with Crippen LogP contribution in [0.15, 0.2) is 76.2 Å². The first-order valence-electron chi connectivity index (χ1n) is 8.81. The van der Waals surface area contributed by atoms with Crippen LogP contribution in [0.2, 0.25) is 0 Å². The molecule has 0 unspecified atom stereocenters. The Bertz CT molecular complexity index is 970. The molecule has 0 saturated carbocycles. The van der Waals surface area contributed by atoms with Gasteiger partial charge in [-0.15, -0.1) is 0 Å². The van der Waals surface area contributed by atoms with E-state index < -0.39 is 10.0 Å². The van der Waals surface area contributed by atoms with Crippen molar-refractivity contribution in [3.8, 4) is 0 Å². The normalized spacial score (nSPS) is 11.8. The van der Waals surface area contributed by atoms with E-state index in [1.54, 1.807) is 30.5 Å². The van der Waals surface area contributed by atoms with Gasteiger partial charge < -0.3 is 0 Å². The molecule has 0 aliphatic heterocycles. The number of rotatable bonds is 8. The van der Waals surface area contributed by atoms with Crippen LogP contribution >= 0.6 is 15.9 Å². The van der Waals surface area contributed by atoms with Crippen molar-refractivity contribution in [3.63, 3.8) is 0 Å². The number of hydrogen-bond donors (Lipinski definition) is 0. The Hall–Kier alpha value is -1.96. The van der Waals surface area contributed by atoms with Crippen LogP contribution < -0.4 is 0 Å². The molecular formula is C20H22BrN3O2S. The van der Waals surface area contributed by atoms with Gasteiger partial charge in [-0.3, -0.25) is 4.68 Å². The predicted molar refractivity (Wildman–Crippen MR) is 110 cm³/mol. The maximum Gasteiger partial charge on any atom is 0.243 e. The first-order chi connectivity index (χ1) is 13.0. The second kappa shape index (κ2) is 8.82. The van der Waals surface area contributed by atoms with Gasteiger partial charge in [0, 0.05) is 23.8 Å². The van der Waals surface area contributed by atoms with Crippen LogP contribution in [0.5, 0.6) is 0 Å². The highest BCUT2D eigenvalue weighted by molar-refractivity contribution is 9.10. The van der Waals surface area contributed by atoms with Crippen LogP contribution in [0.1, 0.15) is 18.2 Å². The molecule has 0 N–H and O–H groups in total. The molecule has 0 bridgehead atoms. The Morgan fingerprint density at radius 2 is 1.74 bits per heavy atom. The van der Waals surface area contributed by atoms with Gasteiger partial charge in [0.2, 0.25) is 10.0 Å². The van der Waals surface area contributed by atoms with Crippen molar-refractivity contribution in [2.75, 3.05) is 6.54 Å². The largest absolute Gasteiger partial charge is 0.269 e. The third-order valence-corrected chi connectivity index (χ3v) is 6.77. The van der Waals surface area contributed by atoms with Crippen LogP contribution in [0.4, 0.5) is 0 Å². The summed E-state index contributed by atoms with van der Waals surface area (Å²) < 4.78 is 30.8. The molecule has 0 amide bonds. The molecule has 0 aliphatic carbocycles. The molecule has 2 aromatic carbocycles. The molecule has 1 aromatic heterocycles. The topological polar surface area (TPSA) is 55.2 Å². The summed E-state index contributed by atoms with van der Waals surface area (Å²) in [6.45, 7) is 3.39. The van der Waals surface area contributed by atoms with E-state index in [0.717, 1.165) is 15.7 Å². The average Bonchev–Trinajstić information content (AvgIpc) is 3.13. The summed E-state index contributed by atoms with van der Waals surface area (Å²) in [5.41, 5.74) is 1.99. The Balaban J connectivity index is 1.89. The zero-order chi connectivity index (χ0) is 19.3. The minimum absolute atomic E-state index is 0.291. The molecule has 5 nitrogen and oxygen atoms in total. The van der Waals surface area contributed by atoms with Crippen LogP contribution in [-0.2, 0) is 29.5 Å². The van der Waals surface area contributed by atoms with E-state index >= 15 is 0 Å². The highest BCUT2D eigenvalue weighted by Crippen LogP contribution is 2.21. The number of nitrogens with zero attached hydrogens (tertiary/aromatic N) is 3. The number of hydrogen-bond acceptors (Lipinski definition) is 3. The van der Waals surface area contributed by atoms with Gasteiger partial charge in [0.15, 0.2) is 0 Å². The van der Waals surface area contributed by atoms with Crippen LogP contribution in [0.3, 0.4) is 0 Å². The Labute approximate surface area is 168 Å². The zero-order valence-corrected chi connectivity index (χ0v) is 17.5. The van der Waals surface area contributed by atoms with Crippen molar-refractivity contribution >= 4 is 26.0 Å². The molecule has 27 heavy (non-hydrogen) atoms. The summed E-state index contributed by atoms with van der Waals surface area (Å²) in [5.74, 6) is 0. The predicted octanol–water partition coefficient (Wildman–Crippen LogP) is 4.10. The molecule has 0 spiro atoms. The molecule has 142 valence electrons. The van der Waals surface area contributed by atoms with Crippen molar-refractivity contribution in [2.24, 2.45) is 0 Å². The van der Waals surface area contributed by atoms with Crippen molar-refractivity contribution in [3.05, 3.63) is 82.6 Å². The summed E-state index contributed by atoms with van der Waals surface area (Å²) in [6, 6.07) is 18.6. The van der Waals surface area contributed by atoms with Crippen LogP contribution in [0.25, 0.3) is 0 Å². The molecule has 3 rings (SSSR count). The second-order valence-corrected chi connectivity index (χ2v) is 9.02. The number of aromatic nitrogens is 2. The van der Waals surface area contributed by atoms with Crippen molar-refractivity contribution in [2.45, 2.75) is 31.3 Å². The summed E-state index contributed by atoms with van der Waals surface area (Å²) in [5, 5.41) is 4.26. The molecule has 1 heterocycles. The molecule has 7 heteroatoms. The first kappa shape index (κ1) is 19.8. The van der Waals surface area contributed by atoms with Gasteiger partial charge in [-0.1, -0.05) is 46.3 Å². The van der Waals surface area contributed by atoms with E-state index in [-0.39, 0.29) is 0 Å². The lowest BCUT2D eigenvalue weighted by atomic mass is 10.1. The molecule has 0 atom stereocenters. The lowest BCUT2D eigenvalue weighted by Crippen LogP contribution is -2.33. The van der Waals surface area contributed by atoms with Gasteiger partial charge in [0.05, 0.1) is 17.1 Å². The Kier molecular flexibility index (Phi) is 6.46. The maximum absolute atomic E-state index is 13.3. The third-order valence-electron chi connectivity index (χ3n) is 4.39. The molecule has 0 saturated heterocycles. The Morgan fingerprint density at radius 3 is 2.41 bits per heavy atom. The molecule has 0 aliphatic rings. The van der Waals surface area contributed by atoms with E-state index in [0.29, 0.717) is 31.0 Å². The van der Waals surface area contributed by atoms with Gasteiger partial charge in [0.1, 0.15) is 0 Å². The lowest BCUT2D eigenvalue weighted by molar-refractivity contribution is 0.394. The van der Waals surface area contributed by atoms with Gasteiger partial charge >= 0.3 is 0 Å². The third kappa shape index (κ3) is 4.86. The van der Waals surface area contributed by atoms with Crippen molar-refractivity contribution < 1.29 is 8.42 Å². The fourth-order valence-corrected chi connectivity index (χ4v) is 4.57. The highest BCUT2D eigenvalue weighted by atomic mass is 79.9. The van der Waals surface area contributed by atoms with Crippen molar-refractivity contribution in [1.82, 2.24) is 14.1 Å². The standard InChI is InChI=1S/C20H22BrN3O2S/c1-2-24-19(12-14-22-24)16-23(15-13-17-6-4-3-5-7-17)27(25,26)20-10-8-18(21)9-11-20/h3-12,14H,2,13,15-16H2,1H3. The van der Waals surface area contributed by atoms with Gasteiger partial charge in [-0.05, 0) is 49.2 Å². The van der Waals surface area contributed by atoms with Gasteiger partial charge in [-0.25, -0.2) is 8.42 Å². The number of benzene rings is 2. The fraction of sp³-hybridized carbons (Fsp3) is 0.250. The van der Waals surface area contributed by atoms with Crippen LogP contribution in [0, 0.1) is 0 Å². The van der Waals surface area contributed by atoms with E-state index in [1.165, 1.54) is 4.31 Å². The van der Waals surface area contributed by atoms with Gasteiger partial charge in [0.25, 0.3) is 0 Å². The molecule has 0 radical (unpaired) electrons. The summed E-state index contributed by atoms with van der Waals surface area (Å²) in [7, 11) is -3.62. The SMILES string of the molecule is CCn1nccc1CN(CCc1ccccc1)S(=O)(=O)c1ccc(Br)cc1. The number of halogens is 1. The number of aryl methyl sites for hydroxylation is 1. The molecule has 3 aromatic rings. The second-order valence-electron chi connectivity index (χ2n) is 6.17. The highest BCUT2D eigenvalue weighted by Gasteiger charge is 2.25. The lowest BCUT2D eigenvalue weighted by Gasteiger charge is -2.23. The first-order valence-corrected chi connectivity index (χ1v) is 11.0. The smallest absolute Gasteiger partial charge is 0.243 e. The van der Waals surface area contributed by atoms with E-state index in [1.807, 2.05) is 48.0 Å². The van der Waals surface area contributed by atoms with E-state index in [4.69, 9.17) is 0 Å². The van der Waals surface area contributed by atoms with Crippen LogP contribution in [-0.4, -0.2) is 29.0 Å². The summed E-state index contributed by atoms with van der Waals surface area (Å²) in [4.78, 5) is 0.293. The molecular weight excluding hydrogens is 426 g/mol. The minimum Gasteiger partial charge on any atom is -0.269 e. The van der Waals surface area contributed by atoms with Gasteiger partial charge in [-0.2, -0.15) is 9.40 Å². The monoisotopic (exact) mass is 447 g/mol. The molecule has 0 fully saturated rings. The summed E-state index contributed by atoms with van der Waals surface area (Å²) >= 11 is 3.36. The maximum atomic E-state index is 13.3. The average molecular weight is 448 g/mol.